The standard InChI is InChI=1S/C14H22FNO3/c1-10-5-4-6-13(15)14(10)16-7-12(17)9-19-11(2)8-18-3/h4-6,11-12,16-17H,7-9H2,1-3H3. The van der Waals surface area contributed by atoms with Crippen LogP contribution in [0, 0.1) is 12.7 Å². The minimum Gasteiger partial charge on any atom is -0.389 e. The highest BCUT2D eigenvalue weighted by Gasteiger charge is 2.10. The number of benzene rings is 1. The molecular formula is C14H22FNO3. The molecule has 19 heavy (non-hydrogen) atoms. The molecule has 0 aliphatic carbocycles. The Kier molecular flexibility index (Phi) is 6.77. The third-order valence-corrected chi connectivity index (χ3v) is 2.71. The first-order chi connectivity index (χ1) is 9.04. The number of aliphatic hydroxyl groups is 1. The van der Waals surface area contributed by atoms with Gasteiger partial charge in [-0.3, -0.25) is 0 Å². The van der Waals surface area contributed by atoms with E-state index in [0.717, 1.165) is 5.56 Å². The largest absolute Gasteiger partial charge is 0.389 e. The van der Waals surface area contributed by atoms with E-state index in [1.165, 1.54) is 6.07 Å². The number of ether oxygens (including phenoxy) is 2. The van der Waals surface area contributed by atoms with E-state index in [2.05, 4.69) is 5.32 Å². The molecule has 0 spiro atoms. The van der Waals surface area contributed by atoms with Gasteiger partial charge in [-0.05, 0) is 25.5 Å². The SMILES string of the molecule is COCC(C)OCC(O)CNc1c(C)cccc1F. The van der Waals surface area contributed by atoms with Crippen LogP contribution in [0.1, 0.15) is 12.5 Å². The van der Waals surface area contributed by atoms with Gasteiger partial charge < -0.3 is 19.9 Å². The number of methoxy groups -OCH3 is 1. The average molecular weight is 271 g/mol. The molecule has 0 aromatic heterocycles. The molecule has 1 rings (SSSR count). The molecule has 108 valence electrons. The lowest BCUT2D eigenvalue weighted by Gasteiger charge is -2.17. The van der Waals surface area contributed by atoms with Crippen LogP contribution >= 0.6 is 0 Å². The highest BCUT2D eigenvalue weighted by molar-refractivity contribution is 5.51. The highest BCUT2D eigenvalue weighted by Crippen LogP contribution is 2.18. The van der Waals surface area contributed by atoms with Crippen molar-refractivity contribution in [2.45, 2.75) is 26.1 Å². The number of halogens is 1. The predicted molar refractivity (Wildman–Crippen MR) is 72.9 cm³/mol. The molecule has 0 bridgehead atoms. The van der Waals surface area contributed by atoms with Gasteiger partial charge in [-0.2, -0.15) is 0 Å². The average Bonchev–Trinajstić information content (AvgIpc) is 2.36. The topological polar surface area (TPSA) is 50.7 Å². The van der Waals surface area contributed by atoms with Gasteiger partial charge >= 0.3 is 0 Å². The zero-order chi connectivity index (χ0) is 14.3. The van der Waals surface area contributed by atoms with Gasteiger partial charge in [-0.1, -0.05) is 12.1 Å². The van der Waals surface area contributed by atoms with Crippen molar-refractivity contribution in [1.29, 1.82) is 0 Å². The van der Waals surface area contributed by atoms with E-state index in [0.29, 0.717) is 12.3 Å². The highest BCUT2D eigenvalue weighted by atomic mass is 19.1. The summed E-state index contributed by atoms with van der Waals surface area (Å²) >= 11 is 0. The monoisotopic (exact) mass is 271 g/mol. The minimum absolute atomic E-state index is 0.0742. The molecule has 0 heterocycles. The van der Waals surface area contributed by atoms with Gasteiger partial charge in [0.25, 0.3) is 0 Å². The summed E-state index contributed by atoms with van der Waals surface area (Å²) in [4.78, 5) is 0. The molecule has 0 radical (unpaired) electrons. The fraction of sp³-hybridized carbons (Fsp3) is 0.571. The first kappa shape index (κ1) is 15.9. The first-order valence-corrected chi connectivity index (χ1v) is 6.32. The van der Waals surface area contributed by atoms with E-state index in [4.69, 9.17) is 9.47 Å². The number of hydrogen-bond acceptors (Lipinski definition) is 4. The summed E-state index contributed by atoms with van der Waals surface area (Å²) in [6.45, 7) is 4.58. The van der Waals surface area contributed by atoms with Crippen LogP contribution in [-0.4, -0.2) is 44.2 Å². The van der Waals surface area contributed by atoms with E-state index >= 15 is 0 Å². The summed E-state index contributed by atoms with van der Waals surface area (Å²) in [6.07, 6.45) is -0.770. The quantitative estimate of drug-likeness (QED) is 0.759. The predicted octanol–water partition coefficient (Wildman–Crippen LogP) is 1.96. The molecule has 2 N–H and O–H groups in total. The summed E-state index contributed by atoms with van der Waals surface area (Å²) in [5.74, 6) is -0.319. The van der Waals surface area contributed by atoms with Crippen LogP contribution in [-0.2, 0) is 9.47 Å². The lowest BCUT2D eigenvalue weighted by Crippen LogP contribution is -2.28. The molecule has 5 heteroatoms. The number of aryl methyl sites for hydroxylation is 1. The Labute approximate surface area is 113 Å². The van der Waals surface area contributed by atoms with E-state index < -0.39 is 6.10 Å². The third-order valence-electron chi connectivity index (χ3n) is 2.71. The molecule has 1 aromatic carbocycles. The Balaban J connectivity index is 2.36. The first-order valence-electron chi connectivity index (χ1n) is 6.32. The van der Waals surface area contributed by atoms with Crippen LogP contribution < -0.4 is 5.32 Å². The van der Waals surface area contributed by atoms with Gasteiger partial charge in [-0.25, -0.2) is 4.39 Å². The van der Waals surface area contributed by atoms with E-state index in [-0.39, 0.29) is 25.1 Å². The fourth-order valence-corrected chi connectivity index (χ4v) is 1.69. The molecule has 1 aromatic rings. The van der Waals surface area contributed by atoms with Crippen molar-refractivity contribution in [2.75, 3.05) is 32.2 Å². The molecule has 0 aliphatic heterocycles. The second-order valence-electron chi connectivity index (χ2n) is 4.57. The van der Waals surface area contributed by atoms with E-state index in [1.54, 1.807) is 13.2 Å². The van der Waals surface area contributed by atoms with E-state index in [1.807, 2.05) is 19.9 Å². The number of aliphatic hydroxyl groups excluding tert-OH is 1. The molecule has 4 nitrogen and oxygen atoms in total. The Morgan fingerprint density at radius 3 is 2.74 bits per heavy atom. The summed E-state index contributed by atoms with van der Waals surface area (Å²) in [6, 6.07) is 4.86. The summed E-state index contributed by atoms with van der Waals surface area (Å²) in [7, 11) is 1.60. The number of anilines is 1. The van der Waals surface area contributed by atoms with Crippen LogP contribution in [0.4, 0.5) is 10.1 Å². The lowest BCUT2D eigenvalue weighted by atomic mass is 10.2. The van der Waals surface area contributed by atoms with E-state index in [9.17, 15) is 9.50 Å². The lowest BCUT2D eigenvalue weighted by molar-refractivity contribution is -0.0282. The zero-order valence-corrected chi connectivity index (χ0v) is 11.6. The van der Waals surface area contributed by atoms with Crippen LogP contribution in [0.15, 0.2) is 18.2 Å². The van der Waals surface area contributed by atoms with Crippen molar-refractivity contribution in [2.24, 2.45) is 0 Å². The normalized spacial score (nSPS) is 14.2. The van der Waals surface area contributed by atoms with Crippen molar-refractivity contribution in [3.63, 3.8) is 0 Å². The van der Waals surface area contributed by atoms with Crippen LogP contribution in [0.25, 0.3) is 0 Å². The summed E-state index contributed by atoms with van der Waals surface area (Å²) in [5.41, 5.74) is 1.23. The molecule has 0 aliphatic rings. The smallest absolute Gasteiger partial charge is 0.146 e. The molecular weight excluding hydrogens is 249 g/mol. The molecule has 0 saturated heterocycles. The van der Waals surface area contributed by atoms with Crippen LogP contribution in [0.3, 0.4) is 0 Å². The maximum Gasteiger partial charge on any atom is 0.146 e. The number of para-hydroxylation sites is 1. The van der Waals surface area contributed by atoms with Crippen molar-refractivity contribution < 1.29 is 19.0 Å². The Morgan fingerprint density at radius 2 is 2.11 bits per heavy atom. The van der Waals surface area contributed by atoms with Gasteiger partial charge in [0.1, 0.15) is 5.82 Å². The second-order valence-corrected chi connectivity index (χ2v) is 4.57. The van der Waals surface area contributed by atoms with Gasteiger partial charge in [0.05, 0.1) is 31.1 Å². The molecule has 0 fully saturated rings. The van der Waals surface area contributed by atoms with Crippen LogP contribution in [0.2, 0.25) is 0 Å². The summed E-state index contributed by atoms with van der Waals surface area (Å²) < 4.78 is 23.8. The maximum atomic E-state index is 13.5. The maximum absolute atomic E-state index is 13.5. The number of rotatable bonds is 8. The number of hydrogen-bond donors (Lipinski definition) is 2. The van der Waals surface area contributed by atoms with Crippen molar-refractivity contribution in [3.8, 4) is 0 Å². The molecule has 0 saturated carbocycles. The Morgan fingerprint density at radius 1 is 1.37 bits per heavy atom. The second kappa shape index (κ2) is 8.09. The van der Waals surface area contributed by atoms with Gasteiger partial charge in [0.15, 0.2) is 0 Å². The van der Waals surface area contributed by atoms with Crippen molar-refractivity contribution in [3.05, 3.63) is 29.6 Å². The minimum atomic E-state index is -0.696. The van der Waals surface area contributed by atoms with Crippen molar-refractivity contribution in [1.82, 2.24) is 0 Å². The molecule has 2 unspecified atom stereocenters. The Bertz CT molecular complexity index is 367. The Hall–Kier alpha value is -1.17. The summed E-state index contributed by atoms with van der Waals surface area (Å²) in [5, 5.41) is 12.7. The zero-order valence-electron chi connectivity index (χ0n) is 11.6. The van der Waals surface area contributed by atoms with Gasteiger partial charge in [0.2, 0.25) is 0 Å². The van der Waals surface area contributed by atoms with Crippen LogP contribution in [0.5, 0.6) is 0 Å². The molecule has 2 atom stereocenters. The van der Waals surface area contributed by atoms with Gasteiger partial charge in [-0.15, -0.1) is 0 Å². The molecule has 0 amide bonds. The van der Waals surface area contributed by atoms with Crippen molar-refractivity contribution >= 4 is 5.69 Å². The fourth-order valence-electron chi connectivity index (χ4n) is 1.69. The number of nitrogens with one attached hydrogen (secondary N) is 1. The third kappa shape index (κ3) is 5.55. The van der Waals surface area contributed by atoms with Gasteiger partial charge in [0, 0.05) is 13.7 Å².